The van der Waals surface area contributed by atoms with Gasteiger partial charge in [-0.3, -0.25) is 0 Å². The third-order valence-electron chi connectivity index (χ3n) is 3.21. The highest BCUT2D eigenvalue weighted by Gasteiger charge is 2.14. The molecule has 0 aliphatic carbocycles. The van der Waals surface area contributed by atoms with E-state index in [1.807, 2.05) is 12.1 Å². The van der Waals surface area contributed by atoms with E-state index in [-0.39, 0.29) is 6.04 Å². The fourth-order valence-electron chi connectivity index (χ4n) is 2.01. The zero-order valence-corrected chi connectivity index (χ0v) is 13.8. The second kappa shape index (κ2) is 7.38. The maximum atomic E-state index is 5.26. The zero-order valence-electron chi connectivity index (χ0n) is 12.3. The van der Waals surface area contributed by atoms with Gasteiger partial charge in [0.25, 0.3) is 0 Å². The number of aromatic nitrogens is 2. The van der Waals surface area contributed by atoms with Crippen LogP contribution in [0.2, 0.25) is 0 Å². The first-order chi connectivity index (χ1) is 10.2. The minimum atomic E-state index is 0.188. The summed E-state index contributed by atoms with van der Waals surface area (Å²) in [5, 5.41) is 3.43. The summed E-state index contributed by atoms with van der Waals surface area (Å²) in [6, 6.07) is 8.41. The fraction of sp³-hybridized carbons (Fsp3) is 0.333. The summed E-state index contributed by atoms with van der Waals surface area (Å²) in [5.74, 6) is 1.05. The lowest BCUT2D eigenvalue weighted by molar-refractivity contribution is 0.357. The van der Waals surface area contributed by atoms with Crippen LogP contribution in [0.1, 0.15) is 24.1 Å². The Kier molecular flexibility index (Phi) is 5.52. The van der Waals surface area contributed by atoms with Gasteiger partial charge in [-0.1, -0.05) is 28.1 Å². The monoisotopic (exact) mass is 351 g/mol. The molecule has 112 valence electrons. The van der Waals surface area contributed by atoms with E-state index in [9.17, 15) is 0 Å². The number of halogens is 1. The van der Waals surface area contributed by atoms with Crippen LogP contribution in [0.3, 0.4) is 0 Å². The lowest BCUT2D eigenvalue weighted by Crippen LogP contribution is -2.19. The van der Waals surface area contributed by atoms with Gasteiger partial charge in [-0.05, 0) is 24.6 Å². The van der Waals surface area contributed by atoms with Crippen molar-refractivity contribution in [2.45, 2.75) is 19.5 Å². The number of hydrogen-bond acceptors (Lipinski definition) is 5. The van der Waals surface area contributed by atoms with Crippen LogP contribution in [0.15, 0.2) is 35.1 Å². The van der Waals surface area contributed by atoms with E-state index in [2.05, 4.69) is 50.3 Å². The quantitative estimate of drug-likeness (QED) is 0.866. The van der Waals surface area contributed by atoms with Crippen molar-refractivity contribution in [3.8, 4) is 11.8 Å². The number of hydrogen-bond donors (Lipinski definition) is 1. The summed E-state index contributed by atoms with van der Waals surface area (Å²) in [7, 11) is 3.17. The van der Waals surface area contributed by atoms with Gasteiger partial charge in [-0.25, -0.2) is 9.97 Å². The first-order valence-corrected chi connectivity index (χ1v) is 7.35. The van der Waals surface area contributed by atoms with Gasteiger partial charge in [-0.15, -0.1) is 0 Å². The minimum Gasteiger partial charge on any atom is -0.481 e. The van der Waals surface area contributed by atoms with Gasteiger partial charge in [0.05, 0.1) is 19.8 Å². The van der Waals surface area contributed by atoms with Crippen molar-refractivity contribution in [3.05, 3.63) is 46.2 Å². The van der Waals surface area contributed by atoms with Crippen LogP contribution in [0.4, 0.5) is 0 Å². The third kappa shape index (κ3) is 3.92. The maximum absolute atomic E-state index is 5.26. The molecule has 0 bridgehead atoms. The molecular weight excluding hydrogens is 334 g/mol. The predicted octanol–water partition coefficient (Wildman–Crippen LogP) is 3.11. The van der Waals surface area contributed by atoms with Crippen LogP contribution in [-0.2, 0) is 6.54 Å². The summed E-state index contributed by atoms with van der Waals surface area (Å²) >= 11 is 3.44. The van der Waals surface area contributed by atoms with Crippen molar-refractivity contribution in [3.63, 3.8) is 0 Å². The molecule has 5 nitrogen and oxygen atoms in total. The third-order valence-corrected chi connectivity index (χ3v) is 3.74. The molecule has 0 aliphatic rings. The first-order valence-electron chi connectivity index (χ1n) is 6.56. The van der Waals surface area contributed by atoms with E-state index in [4.69, 9.17) is 9.47 Å². The number of benzene rings is 1. The molecule has 0 fully saturated rings. The van der Waals surface area contributed by atoms with Crippen molar-refractivity contribution >= 4 is 15.9 Å². The number of ether oxygens (including phenoxy) is 2. The molecule has 1 heterocycles. The summed E-state index contributed by atoms with van der Waals surface area (Å²) in [5.41, 5.74) is 2.01. The molecule has 0 aliphatic heterocycles. The van der Waals surface area contributed by atoms with Gasteiger partial charge in [0.2, 0.25) is 11.8 Å². The Bertz CT molecular complexity index is 568. The number of nitrogens with zero attached hydrogens (tertiary/aromatic N) is 2. The molecule has 1 aromatic heterocycles. The van der Waals surface area contributed by atoms with E-state index in [0.717, 1.165) is 10.0 Å². The Morgan fingerprint density at radius 2 is 1.67 bits per heavy atom. The highest BCUT2D eigenvalue weighted by molar-refractivity contribution is 9.10. The van der Waals surface area contributed by atoms with Crippen LogP contribution in [-0.4, -0.2) is 24.2 Å². The smallest absolute Gasteiger partial charge is 0.224 e. The first kappa shape index (κ1) is 15.7. The Labute approximate surface area is 132 Å². The van der Waals surface area contributed by atoms with Gasteiger partial charge in [-0.2, -0.15) is 0 Å². The van der Waals surface area contributed by atoms with Gasteiger partial charge in [0, 0.05) is 17.1 Å². The van der Waals surface area contributed by atoms with E-state index in [1.54, 1.807) is 14.2 Å². The Hall–Kier alpha value is -1.66. The van der Waals surface area contributed by atoms with Gasteiger partial charge in [0.1, 0.15) is 6.33 Å². The van der Waals surface area contributed by atoms with Crippen LogP contribution in [0, 0.1) is 0 Å². The Morgan fingerprint density at radius 1 is 1.10 bits per heavy atom. The van der Waals surface area contributed by atoms with Crippen molar-refractivity contribution in [1.82, 2.24) is 15.3 Å². The molecule has 0 amide bonds. The minimum absolute atomic E-state index is 0.188. The average Bonchev–Trinajstić information content (AvgIpc) is 2.52. The van der Waals surface area contributed by atoms with Crippen LogP contribution >= 0.6 is 15.9 Å². The van der Waals surface area contributed by atoms with E-state index >= 15 is 0 Å². The molecule has 0 unspecified atom stereocenters. The summed E-state index contributed by atoms with van der Waals surface area (Å²) in [6.07, 6.45) is 1.43. The molecule has 21 heavy (non-hydrogen) atoms. The largest absolute Gasteiger partial charge is 0.481 e. The molecule has 2 rings (SSSR count). The Balaban J connectivity index is 2.10. The molecule has 0 spiro atoms. The molecule has 2 aromatic rings. The summed E-state index contributed by atoms with van der Waals surface area (Å²) in [4.78, 5) is 8.22. The second-order valence-corrected chi connectivity index (χ2v) is 5.44. The fourth-order valence-corrected chi connectivity index (χ4v) is 2.27. The van der Waals surface area contributed by atoms with Crippen molar-refractivity contribution in [2.75, 3.05) is 14.2 Å². The molecule has 1 aromatic carbocycles. The topological polar surface area (TPSA) is 56.3 Å². The molecule has 6 heteroatoms. The predicted molar refractivity (Wildman–Crippen MR) is 84.5 cm³/mol. The van der Waals surface area contributed by atoms with Crippen molar-refractivity contribution in [1.29, 1.82) is 0 Å². The van der Waals surface area contributed by atoms with Gasteiger partial charge >= 0.3 is 0 Å². The van der Waals surface area contributed by atoms with E-state index in [1.165, 1.54) is 11.9 Å². The number of nitrogens with one attached hydrogen (secondary N) is 1. The maximum Gasteiger partial charge on any atom is 0.224 e. The highest BCUT2D eigenvalue weighted by atomic mass is 79.9. The van der Waals surface area contributed by atoms with E-state index in [0.29, 0.717) is 18.3 Å². The number of methoxy groups -OCH3 is 2. The molecular formula is C15H18BrN3O2. The van der Waals surface area contributed by atoms with Gasteiger partial charge in [0.15, 0.2) is 0 Å². The number of rotatable bonds is 6. The van der Waals surface area contributed by atoms with Crippen LogP contribution in [0.25, 0.3) is 0 Å². The highest BCUT2D eigenvalue weighted by Crippen LogP contribution is 2.24. The molecule has 1 N–H and O–H groups in total. The zero-order chi connectivity index (χ0) is 15.2. The molecule has 0 radical (unpaired) electrons. The lowest BCUT2D eigenvalue weighted by Gasteiger charge is -2.16. The average molecular weight is 352 g/mol. The summed E-state index contributed by atoms with van der Waals surface area (Å²) < 4.78 is 11.6. The summed E-state index contributed by atoms with van der Waals surface area (Å²) in [6.45, 7) is 2.66. The second-order valence-electron chi connectivity index (χ2n) is 4.52. The Morgan fingerprint density at radius 3 is 2.19 bits per heavy atom. The van der Waals surface area contributed by atoms with Crippen LogP contribution < -0.4 is 14.8 Å². The lowest BCUT2D eigenvalue weighted by atomic mass is 10.1. The molecule has 0 saturated heterocycles. The molecule has 1 atom stereocenters. The standard InChI is InChI=1S/C15H18BrN3O2/c1-10(11-4-6-12(16)7-5-11)17-8-13-14(20-2)18-9-19-15(13)21-3/h4-7,9-10,17H,8H2,1-3H3/t10-/m1/s1. The van der Waals surface area contributed by atoms with Crippen LogP contribution in [0.5, 0.6) is 11.8 Å². The SMILES string of the molecule is COc1ncnc(OC)c1CN[C@H](C)c1ccc(Br)cc1. The van der Waals surface area contributed by atoms with Crippen molar-refractivity contribution < 1.29 is 9.47 Å². The van der Waals surface area contributed by atoms with Crippen molar-refractivity contribution in [2.24, 2.45) is 0 Å². The van der Waals surface area contributed by atoms with Gasteiger partial charge < -0.3 is 14.8 Å². The molecule has 0 saturated carbocycles. The normalized spacial score (nSPS) is 12.0. The van der Waals surface area contributed by atoms with E-state index < -0.39 is 0 Å².